The first-order chi connectivity index (χ1) is 24.0. The molecule has 0 spiro atoms. The topological polar surface area (TPSA) is 159 Å². The van der Waals surface area contributed by atoms with Crippen molar-refractivity contribution in [3.8, 4) is 0 Å². The van der Waals surface area contributed by atoms with E-state index < -0.39 is 17.8 Å². The maximum Gasteiger partial charge on any atom is 0.333 e. The van der Waals surface area contributed by atoms with Gasteiger partial charge in [-0.2, -0.15) is 0 Å². The van der Waals surface area contributed by atoms with E-state index >= 15 is 0 Å². The number of hydroxylamine groups is 2. The van der Waals surface area contributed by atoms with Gasteiger partial charge >= 0.3 is 5.97 Å². The average Bonchev–Trinajstić information content (AvgIpc) is 3.55. The van der Waals surface area contributed by atoms with E-state index in [0.717, 1.165) is 18.8 Å². The third kappa shape index (κ3) is 24.6. The molecule has 286 valence electrons. The van der Waals surface area contributed by atoms with Crippen LogP contribution in [0.25, 0.3) is 0 Å². The molecule has 0 aliphatic carbocycles. The lowest BCUT2D eigenvalue weighted by molar-refractivity contribution is -0.198. The highest BCUT2D eigenvalue weighted by molar-refractivity contribution is 9.09. The van der Waals surface area contributed by atoms with Crippen molar-refractivity contribution in [2.24, 2.45) is 23.7 Å². The second-order valence-corrected chi connectivity index (χ2v) is 16.2. The van der Waals surface area contributed by atoms with Crippen molar-refractivity contribution < 1.29 is 38.4 Å². The van der Waals surface area contributed by atoms with Gasteiger partial charge in [0.25, 0.3) is 23.6 Å². The first kappa shape index (κ1) is 47.8. The number of carbonyl (C=O) groups excluding carboxylic acids is 7. The lowest BCUT2D eigenvalue weighted by atomic mass is 10.1. The normalized spacial score (nSPS) is 13.5. The summed E-state index contributed by atoms with van der Waals surface area (Å²) in [6.07, 6.45) is 3.69. The highest BCUT2D eigenvalue weighted by atomic mass is 79.9. The highest BCUT2D eigenvalue weighted by Gasteiger charge is 2.32. The molecule has 3 rings (SSSR count). The Hall–Kier alpha value is -3.17. The number of alkyl halides is 1. The smallest absolute Gasteiger partial charge is 0.333 e. The number of benzene rings is 1. The fourth-order valence-electron chi connectivity index (χ4n) is 3.60. The summed E-state index contributed by atoms with van der Waals surface area (Å²) in [5.74, 6) is 0.805. The zero-order chi connectivity index (χ0) is 38.9. The van der Waals surface area contributed by atoms with E-state index in [9.17, 15) is 33.6 Å². The quantitative estimate of drug-likeness (QED) is 0.0938. The number of hydrogen-bond donors (Lipinski definition) is 2. The van der Waals surface area contributed by atoms with Gasteiger partial charge in [-0.05, 0) is 35.8 Å². The lowest BCUT2D eigenvalue weighted by Gasteiger charge is -2.15. The second-order valence-electron chi connectivity index (χ2n) is 13.2. The van der Waals surface area contributed by atoms with Crippen molar-refractivity contribution in [2.45, 2.75) is 86.0 Å². The Labute approximate surface area is 319 Å². The summed E-state index contributed by atoms with van der Waals surface area (Å²) < 4.78 is 0. The summed E-state index contributed by atoms with van der Waals surface area (Å²) in [5.41, 5.74) is 0. The molecule has 2 aliphatic heterocycles. The maximum atomic E-state index is 11.4. The molecule has 15 heteroatoms. The molecule has 2 aliphatic rings. The van der Waals surface area contributed by atoms with Gasteiger partial charge in [-0.1, -0.05) is 111 Å². The molecule has 0 radical (unpaired) electrons. The predicted octanol–water partition coefficient (Wildman–Crippen LogP) is 5.95. The molecule has 1 aromatic rings. The van der Waals surface area contributed by atoms with E-state index in [1.807, 2.05) is 45.9 Å². The lowest BCUT2D eigenvalue weighted by Crippen LogP contribution is -2.33. The number of nitrogens with one attached hydrogen (secondary N) is 2. The number of halogens is 1. The zero-order valence-electron chi connectivity index (χ0n) is 31.1. The van der Waals surface area contributed by atoms with Crippen molar-refractivity contribution in [2.75, 3.05) is 30.7 Å². The Kier molecular flexibility index (Phi) is 25.8. The van der Waals surface area contributed by atoms with Gasteiger partial charge in [-0.3, -0.25) is 33.7 Å². The fourth-order valence-corrected chi connectivity index (χ4v) is 5.79. The summed E-state index contributed by atoms with van der Waals surface area (Å²) in [7, 11) is 3.45. The third-order valence-electron chi connectivity index (χ3n) is 6.07. The fraction of sp³-hybridized carbons (Fsp3) is 0.583. The van der Waals surface area contributed by atoms with Crippen LogP contribution in [0.2, 0.25) is 0 Å². The van der Waals surface area contributed by atoms with Crippen LogP contribution in [0.5, 0.6) is 0 Å². The molecule has 1 saturated heterocycles. The minimum atomic E-state index is -0.538. The number of hydrogen-bond acceptors (Lipinski definition) is 10. The maximum absolute atomic E-state index is 11.4. The summed E-state index contributed by atoms with van der Waals surface area (Å²) in [5, 5.41) is 6.64. The summed E-state index contributed by atoms with van der Waals surface area (Å²) in [6.45, 7) is 18.0. The van der Waals surface area contributed by atoms with Gasteiger partial charge in [0.1, 0.15) is 0 Å². The van der Waals surface area contributed by atoms with Gasteiger partial charge in [0.2, 0.25) is 11.8 Å². The number of amides is 6. The van der Waals surface area contributed by atoms with Crippen LogP contribution in [-0.4, -0.2) is 82.1 Å². The molecule has 1 fully saturated rings. The van der Waals surface area contributed by atoms with E-state index in [4.69, 9.17) is 0 Å². The Balaban J connectivity index is 0.000000672. The van der Waals surface area contributed by atoms with Gasteiger partial charge < -0.3 is 15.5 Å². The Morgan fingerprint density at radius 2 is 1.27 bits per heavy atom. The van der Waals surface area contributed by atoms with Crippen LogP contribution in [0.15, 0.2) is 47.4 Å². The van der Waals surface area contributed by atoms with Crippen LogP contribution in [-0.2, 0) is 38.4 Å². The molecule has 0 atom stereocenters. The third-order valence-corrected chi connectivity index (χ3v) is 8.96. The highest BCUT2D eigenvalue weighted by Crippen LogP contribution is 2.30. The van der Waals surface area contributed by atoms with E-state index in [0.29, 0.717) is 41.1 Å². The standard InChI is InChI=1S/C13H19NOS2.C9H13NO4.C8H11NO2.C6H12BrNO/c1-11(2)10-14-13(15)8-9-16-17-12-6-4-3-5-7-12;1-6(2)5-9(13)14-10-7(11)3-4-8(10)12;1-6(2)5-9-7(10)3-4-8(9)11;1-5(2)4-8-6(9)3-7/h3-7,11H,8-10H2,1-2H3,(H,14,15);6H,3-5H2,1-2H3;3-4,6H,5H2,1-2H3;5H,3-4H2,1-2H3,(H,8,9). The summed E-state index contributed by atoms with van der Waals surface area (Å²) in [6, 6.07) is 10.2. The molecule has 0 saturated carbocycles. The van der Waals surface area contributed by atoms with Crippen LogP contribution in [0.3, 0.4) is 0 Å². The molecular formula is C36H55BrN4O8S2. The minimum absolute atomic E-state index is 0.0590. The van der Waals surface area contributed by atoms with Gasteiger partial charge in [0, 0.05) is 61.7 Å². The average molecular weight is 816 g/mol. The van der Waals surface area contributed by atoms with Gasteiger partial charge in [0.15, 0.2) is 0 Å². The Bertz CT molecular complexity index is 1260. The van der Waals surface area contributed by atoms with Crippen molar-refractivity contribution in [3.05, 3.63) is 42.5 Å². The van der Waals surface area contributed by atoms with Crippen LogP contribution >= 0.6 is 37.5 Å². The largest absolute Gasteiger partial charge is 0.356 e. The molecular weight excluding hydrogens is 760 g/mol. The summed E-state index contributed by atoms with van der Waals surface area (Å²) in [4.78, 5) is 84.2. The molecule has 12 nitrogen and oxygen atoms in total. The van der Waals surface area contributed by atoms with Gasteiger partial charge in [-0.15, -0.1) is 5.06 Å². The van der Waals surface area contributed by atoms with Crippen molar-refractivity contribution in [1.29, 1.82) is 0 Å². The molecule has 51 heavy (non-hydrogen) atoms. The predicted molar refractivity (Wildman–Crippen MR) is 206 cm³/mol. The van der Waals surface area contributed by atoms with Crippen molar-refractivity contribution in [3.63, 3.8) is 0 Å². The van der Waals surface area contributed by atoms with Crippen LogP contribution in [0.1, 0.15) is 81.1 Å². The van der Waals surface area contributed by atoms with E-state index in [2.05, 4.69) is 71.2 Å². The monoisotopic (exact) mass is 814 g/mol. The Morgan fingerprint density at radius 3 is 1.73 bits per heavy atom. The van der Waals surface area contributed by atoms with Gasteiger partial charge in [0.05, 0.1) is 11.8 Å². The number of rotatable bonds is 15. The number of carbonyl (C=O) groups is 7. The van der Waals surface area contributed by atoms with E-state index in [1.54, 1.807) is 21.6 Å². The van der Waals surface area contributed by atoms with Crippen LogP contribution < -0.4 is 10.6 Å². The molecule has 1 aromatic carbocycles. The number of imide groups is 2. The zero-order valence-corrected chi connectivity index (χ0v) is 34.3. The van der Waals surface area contributed by atoms with E-state index in [1.165, 1.54) is 21.9 Å². The minimum Gasteiger partial charge on any atom is -0.356 e. The molecule has 6 amide bonds. The van der Waals surface area contributed by atoms with Crippen LogP contribution in [0.4, 0.5) is 0 Å². The number of nitrogens with zero attached hydrogens (tertiary/aromatic N) is 2. The van der Waals surface area contributed by atoms with E-state index in [-0.39, 0.29) is 48.8 Å². The van der Waals surface area contributed by atoms with Gasteiger partial charge in [-0.25, -0.2) is 4.79 Å². The molecule has 0 bridgehead atoms. The molecule has 2 N–H and O–H groups in total. The Morgan fingerprint density at radius 1 is 0.765 bits per heavy atom. The van der Waals surface area contributed by atoms with Crippen molar-refractivity contribution >= 4 is 78.9 Å². The molecule has 0 aromatic heterocycles. The second kappa shape index (κ2) is 27.5. The van der Waals surface area contributed by atoms with Crippen LogP contribution in [0, 0.1) is 23.7 Å². The van der Waals surface area contributed by atoms with Crippen molar-refractivity contribution in [1.82, 2.24) is 20.6 Å². The molecule has 2 heterocycles. The molecule has 0 unspecified atom stereocenters. The SMILES string of the molecule is CC(C)CC(=O)ON1C(=O)CCC1=O.CC(C)CN1C(=O)C=CC1=O.CC(C)CNC(=O)CBr.CC(C)CNC(=O)CCSSc1ccccc1. The first-order valence-electron chi connectivity index (χ1n) is 17.0. The summed E-state index contributed by atoms with van der Waals surface area (Å²) >= 11 is 3.05. The first-order valence-corrected chi connectivity index (χ1v) is 20.4.